The van der Waals surface area contributed by atoms with Crippen LogP contribution in [-0.4, -0.2) is 35.0 Å². The zero-order valence-electron chi connectivity index (χ0n) is 17.3. The number of carbonyl (C=O) groups is 3. The summed E-state index contributed by atoms with van der Waals surface area (Å²) >= 11 is 0. The monoisotopic (exact) mass is 396 g/mol. The van der Waals surface area contributed by atoms with E-state index in [1.165, 1.54) is 4.90 Å². The van der Waals surface area contributed by atoms with Gasteiger partial charge in [0.25, 0.3) is 0 Å². The Morgan fingerprint density at radius 3 is 2.45 bits per heavy atom. The minimum atomic E-state index is -0.583. The fourth-order valence-corrected chi connectivity index (χ4v) is 4.78. The van der Waals surface area contributed by atoms with Gasteiger partial charge in [-0.05, 0) is 52.2 Å². The summed E-state index contributed by atoms with van der Waals surface area (Å²) in [7, 11) is 0. The number of nitrogens with zero attached hydrogens (tertiary/aromatic N) is 2. The number of amides is 3. The molecule has 3 aliphatic rings. The highest BCUT2D eigenvalue weighted by Gasteiger charge is 2.54. The van der Waals surface area contributed by atoms with E-state index in [0.29, 0.717) is 18.7 Å². The maximum absolute atomic E-state index is 13.4. The number of imide groups is 1. The van der Waals surface area contributed by atoms with E-state index >= 15 is 0 Å². The normalized spacial score (nSPS) is 27.1. The van der Waals surface area contributed by atoms with Gasteiger partial charge in [0.05, 0.1) is 17.5 Å². The standard InChI is InChI=1S/C23H28N2O4/c1-23(2,3)29-22(28)24-14-8-7-11-16-18(24)13-12-17-19(16)21(27)25(20(17)26)15-9-5-4-6-10-15/h4-6,9-10,13,16-17,19H,7-8,11-12,14H2,1-3H3/t16-,17-,19+/m0/s1. The van der Waals surface area contributed by atoms with E-state index in [1.54, 1.807) is 17.0 Å². The summed E-state index contributed by atoms with van der Waals surface area (Å²) in [6.07, 6.45) is 4.66. The molecule has 4 rings (SSSR count). The molecule has 2 saturated heterocycles. The molecule has 3 amide bonds. The van der Waals surface area contributed by atoms with Crippen LogP contribution in [-0.2, 0) is 14.3 Å². The third kappa shape index (κ3) is 3.56. The Hall–Kier alpha value is -2.63. The van der Waals surface area contributed by atoms with Crippen molar-refractivity contribution in [3.8, 4) is 0 Å². The molecule has 154 valence electrons. The topological polar surface area (TPSA) is 66.9 Å². The highest BCUT2D eigenvalue weighted by Crippen LogP contribution is 2.47. The summed E-state index contributed by atoms with van der Waals surface area (Å²) in [5, 5.41) is 0. The van der Waals surface area contributed by atoms with Crippen molar-refractivity contribution in [1.29, 1.82) is 0 Å². The van der Waals surface area contributed by atoms with Crippen molar-refractivity contribution < 1.29 is 19.1 Å². The number of hydrogen-bond acceptors (Lipinski definition) is 4. The van der Waals surface area contributed by atoms with Gasteiger partial charge in [-0.1, -0.05) is 30.7 Å². The SMILES string of the molecule is CC(C)(C)OC(=O)N1CCCC[C@H]2C1=CC[C@@H]1C(=O)N(c3ccccc3)C(=O)[C@@H]12. The predicted molar refractivity (Wildman–Crippen MR) is 109 cm³/mol. The molecule has 2 fully saturated rings. The largest absolute Gasteiger partial charge is 0.443 e. The lowest BCUT2D eigenvalue weighted by Gasteiger charge is -2.36. The van der Waals surface area contributed by atoms with Crippen molar-refractivity contribution in [2.45, 2.75) is 52.1 Å². The zero-order valence-corrected chi connectivity index (χ0v) is 17.3. The molecule has 1 aliphatic carbocycles. The molecule has 2 aliphatic heterocycles. The van der Waals surface area contributed by atoms with Crippen LogP contribution < -0.4 is 4.90 Å². The van der Waals surface area contributed by atoms with Crippen molar-refractivity contribution in [2.75, 3.05) is 11.4 Å². The highest BCUT2D eigenvalue weighted by atomic mass is 16.6. The molecule has 0 bridgehead atoms. The molecule has 1 aromatic rings. The molecule has 6 nitrogen and oxygen atoms in total. The van der Waals surface area contributed by atoms with E-state index in [2.05, 4.69) is 0 Å². The number of benzene rings is 1. The minimum absolute atomic E-state index is 0.130. The number of para-hydroxylation sites is 1. The number of fused-ring (bicyclic) bond motifs is 3. The minimum Gasteiger partial charge on any atom is -0.443 e. The first-order valence-corrected chi connectivity index (χ1v) is 10.4. The van der Waals surface area contributed by atoms with Gasteiger partial charge in [0.15, 0.2) is 0 Å². The van der Waals surface area contributed by atoms with Crippen molar-refractivity contribution in [2.24, 2.45) is 17.8 Å². The summed E-state index contributed by atoms with van der Waals surface area (Å²) in [5.41, 5.74) is 0.894. The Labute approximate surface area is 171 Å². The first kappa shape index (κ1) is 19.7. The van der Waals surface area contributed by atoms with Gasteiger partial charge >= 0.3 is 6.09 Å². The lowest BCUT2D eigenvalue weighted by atomic mass is 9.73. The number of ether oxygens (including phenoxy) is 1. The quantitative estimate of drug-likeness (QED) is 0.670. The summed E-state index contributed by atoms with van der Waals surface area (Å²) in [6, 6.07) is 9.11. The van der Waals surface area contributed by atoms with Crippen LogP contribution in [0.3, 0.4) is 0 Å². The zero-order chi connectivity index (χ0) is 20.8. The summed E-state index contributed by atoms with van der Waals surface area (Å²) < 4.78 is 5.62. The second-order valence-electron chi connectivity index (χ2n) is 9.08. The summed E-state index contributed by atoms with van der Waals surface area (Å²) in [5.74, 6) is -1.17. The Balaban J connectivity index is 1.65. The number of anilines is 1. The molecule has 2 heterocycles. The van der Waals surface area contributed by atoms with Crippen LogP contribution in [0.15, 0.2) is 42.1 Å². The van der Waals surface area contributed by atoms with E-state index in [1.807, 2.05) is 45.0 Å². The predicted octanol–water partition coefficient (Wildman–Crippen LogP) is 4.12. The molecule has 3 atom stereocenters. The van der Waals surface area contributed by atoms with Crippen LogP contribution in [0.2, 0.25) is 0 Å². The smallest absolute Gasteiger partial charge is 0.414 e. The molecule has 0 saturated carbocycles. The van der Waals surface area contributed by atoms with E-state index in [4.69, 9.17) is 4.74 Å². The number of allylic oxidation sites excluding steroid dienone is 2. The second-order valence-corrected chi connectivity index (χ2v) is 9.08. The number of hydrogen-bond donors (Lipinski definition) is 0. The van der Waals surface area contributed by atoms with Crippen LogP contribution in [0.1, 0.15) is 46.5 Å². The van der Waals surface area contributed by atoms with Crippen LogP contribution >= 0.6 is 0 Å². The fourth-order valence-electron chi connectivity index (χ4n) is 4.78. The average molecular weight is 396 g/mol. The van der Waals surface area contributed by atoms with Crippen LogP contribution in [0.25, 0.3) is 0 Å². The van der Waals surface area contributed by atoms with Gasteiger partial charge in [-0.15, -0.1) is 0 Å². The van der Waals surface area contributed by atoms with Crippen molar-refractivity contribution in [3.63, 3.8) is 0 Å². The fraction of sp³-hybridized carbons (Fsp3) is 0.522. The maximum Gasteiger partial charge on any atom is 0.414 e. The number of carbonyl (C=O) groups excluding carboxylic acids is 3. The van der Waals surface area contributed by atoms with Crippen LogP contribution in [0.5, 0.6) is 0 Å². The molecule has 0 unspecified atom stereocenters. The molecule has 29 heavy (non-hydrogen) atoms. The van der Waals surface area contributed by atoms with E-state index in [9.17, 15) is 14.4 Å². The summed E-state index contributed by atoms with van der Waals surface area (Å²) in [4.78, 5) is 42.3. The van der Waals surface area contributed by atoms with E-state index in [0.717, 1.165) is 25.0 Å². The third-order valence-electron chi connectivity index (χ3n) is 5.96. The van der Waals surface area contributed by atoms with Crippen molar-refractivity contribution >= 4 is 23.6 Å². The Morgan fingerprint density at radius 1 is 1.03 bits per heavy atom. The van der Waals surface area contributed by atoms with Gasteiger partial charge in [-0.3, -0.25) is 19.4 Å². The second kappa shape index (κ2) is 7.32. The van der Waals surface area contributed by atoms with Gasteiger partial charge in [0.2, 0.25) is 11.8 Å². The van der Waals surface area contributed by atoms with E-state index < -0.39 is 11.5 Å². The molecule has 0 spiro atoms. The Morgan fingerprint density at radius 2 is 1.76 bits per heavy atom. The van der Waals surface area contributed by atoms with Crippen LogP contribution in [0, 0.1) is 17.8 Å². The van der Waals surface area contributed by atoms with Crippen molar-refractivity contribution in [3.05, 3.63) is 42.1 Å². The molecule has 0 aromatic heterocycles. The average Bonchev–Trinajstić information content (AvgIpc) is 2.82. The molecular weight excluding hydrogens is 368 g/mol. The van der Waals surface area contributed by atoms with Gasteiger partial charge in [-0.25, -0.2) is 4.79 Å². The van der Waals surface area contributed by atoms with Gasteiger partial charge in [0, 0.05) is 18.2 Å². The molecule has 1 aromatic carbocycles. The maximum atomic E-state index is 13.4. The van der Waals surface area contributed by atoms with Gasteiger partial charge in [-0.2, -0.15) is 0 Å². The third-order valence-corrected chi connectivity index (χ3v) is 5.96. The molecule has 0 radical (unpaired) electrons. The number of rotatable bonds is 1. The van der Waals surface area contributed by atoms with Gasteiger partial charge < -0.3 is 4.74 Å². The Bertz CT molecular complexity index is 855. The highest BCUT2D eigenvalue weighted by molar-refractivity contribution is 6.22. The number of likely N-dealkylation sites (tertiary alicyclic amines) is 1. The first-order valence-electron chi connectivity index (χ1n) is 10.4. The van der Waals surface area contributed by atoms with Gasteiger partial charge in [0.1, 0.15) is 5.60 Å². The molecule has 6 heteroatoms. The van der Waals surface area contributed by atoms with Crippen molar-refractivity contribution in [1.82, 2.24) is 4.90 Å². The summed E-state index contributed by atoms with van der Waals surface area (Å²) in [6.45, 7) is 6.13. The first-order chi connectivity index (χ1) is 13.8. The van der Waals surface area contributed by atoms with Crippen LogP contribution in [0.4, 0.5) is 10.5 Å². The molecular formula is C23H28N2O4. The Kier molecular flexibility index (Phi) is 4.97. The lowest BCUT2D eigenvalue weighted by Crippen LogP contribution is -2.42. The lowest BCUT2D eigenvalue weighted by molar-refractivity contribution is -0.123. The van der Waals surface area contributed by atoms with E-state index in [-0.39, 0.29) is 29.7 Å². The molecule has 0 N–H and O–H groups in total.